The molecule has 0 spiro atoms. The van der Waals surface area contributed by atoms with E-state index in [-0.39, 0.29) is 0 Å². The molecule has 0 aliphatic heterocycles. The van der Waals surface area contributed by atoms with Crippen LogP contribution in [0.25, 0.3) is 0 Å². The molecule has 1 aromatic carbocycles. The monoisotopic (exact) mass is 293 g/mol. The minimum absolute atomic E-state index is 0.626. The second-order valence-electron chi connectivity index (χ2n) is 5.31. The molecule has 3 heteroatoms. The molecule has 0 bridgehead atoms. The van der Waals surface area contributed by atoms with Gasteiger partial charge in [-0.15, -0.1) is 0 Å². The molecule has 1 rings (SSSR count). The number of benzene rings is 1. The van der Waals surface area contributed by atoms with E-state index in [4.69, 9.17) is 9.47 Å². The fourth-order valence-corrected chi connectivity index (χ4v) is 2.40. The number of hydrogen-bond acceptors (Lipinski definition) is 3. The number of para-hydroxylation sites is 2. The van der Waals surface area contributed by atoms with Crippen LogP contribution in [0.1, 0.15) is 52.9 Å². The highest BCUT2D eigenvalue weighted by Crippen LogP contribution is 2.26. The van der Waals surface area contributed by atoms with Crippen molar-refractivity contribution in [3.05, 3.63) is 24.3 Å². The molecule has 0 fully saturated rings. The van der Waals surface area contributed by atoms with Gasteiger partial charge in [0, 0.05) is 6.04 Å². The molecule has 120 valence electrons. The SMILES string of the molecule is CCCNC(CCC)CCCOc1ccccc1OCC. The van der Waals surface area contributed by atoms with Crippen LogP contribution in [-0.4, -0.2) is 25.8 Å². The van der Waals surface area contributed by atoms with E-state index in [9.17, 15) is 0 Å². The first-order chi connectivity index (χ1) is 10.3. The average Bonchev–Trinajstić information content (AvgIpc) is 2.50. The van der Waals surface area contributed by atoms with Crippen molar-refractivity contribution in [3.8, 4) is 11.5 Å². The Labute approximate surface area is 130 Å². The van der Waals surface area contributed by atoms with Gasteiger partial charge < -0.3 is 14.8 Å². The Balaban J connectivity index is 2.31. The average molecular weight is 293 g/mol. The molecule has 0 saturated carbocycles. The third-order valence-corrected chi connectivity index (χ3v) is 3.42. The summed E-state index contributed by atoms with van der Waals surface area (Å²) >= 11 is 0. The molecule has 0 aliphatic rings. The van der Waals surface area contributed by atoms with Gasteiger partial charge in [-0.05, 0) is 51.3 Å². The molecule has 1 aromatic rings. The first-order valence-electron chi connectivity index (χ1n) is 8.39. The van der Waals surface area contributed by atoms with Gasteiger partial charge in [-0.3, -0.25) is 0 Å². The van der Waals surface area contributed by atoms with Crippen LogP contribution in [0.2, 0.25) is 0 Å². The van der Waals surface area contributed by atoms with Gasteiger partial charge in [0.25, 0.3) is 0 Å². The van der Waals surface area contributed by atoms with Crippen LogP contribution < -0.4 is 14.8 Å². The van der Waals surface area contributed by atoms with E-state index in [2.05, 4.69) is 19.2 Å². The molecule has 3 nitrogen and oxygen atoms in total. The van der Waals surface area contributed by atoms with E-state index in [1.807, 2.05) is 31.2 Å². The lowest BCUT2D eigenvalue weighted by Crippen LogP contribution is -2.30. The predicted octanol–water partition coefficient (Wildman–Crippen LogP) is 4.41. The first kappa shape index (κ1) is 17.8. The van der Waals surface area contributed by atoms with Gasteiger partial charge in [0.2, 0.25) is 0 Å². The summed E-state index contributed by atoms with van der Waals surface area (Å²) in [4.78, 5) is 0. The van der Waals surface area contributed by atoms with Gasteiger partial charge in [-0.2, -0.15) is 0 Å². The van der Waals surface area contributed by atoms with E-state index in [0.29, 0.717) is 12.6 Å². The molecule has 0 aromatic heterocycles. The normalized spacial score (nSPS) is 12.1. The maximum Gasteiger partial charge on any atom is 0.161 e. The van der Waals surface area contributed by atoms with Gasteiger partial charge >= 0.3 is 0 Å². The van der Waals surface area contributed by atoms with Crippen molar-refractivity contribution in [2.75, 3.05) is 19.8 Å². The largest absolute Gasteiger partial charge is 0.490 e. The first-order valence-corrected chi connectivity index (χ1v) is 8.39. The molecule has 0 amide bonds. The minimum atomic E-state index is 0.626. The fourth-order valence-electron chi connectivity index (χ4n) is 2.40. The number of hydrogen-bond donors (Lipinski definition) is 1. The molecular weight excluding hydrogens is 262 g/mol. The van der Waals surface area contributed by atoms with Crippen molar-refractivity contribution < 1.29 is 9.47 Å². The molecule has 0 saturated heterocycles. The third-order valence-electron chi connectivity index (χ3n) is 3.42. The summed E-state index contributed by atoms with van der Waals surface area (Å²) in [6, 6.07) is 8.52. The van der Waals surface area contributed by atoms with Crippen LogP contribution in [0.15, 0.2) is 24.3 Å². The molecular formula is C18H31NO2. The quantitative estimate of drug-likeness (QED) is 0.579. The van der Waals surface area contributed by atoms with Crippen molar-refractivity contribution in [3.63, 3.8) is 0 Å². The van der Waals surface area contributed by atoms with Gasteiger partial charge in [-0.1, -0.05) is 32.4 Å². The highest BCUT2D eigenvalue weighted by atomic mass is 16.5. The Morgan fingerprint density at radius 1 is 0.952 bits per heavy atom. The summed E-state index contributed by atoms with van der Waals surface area (Å²) in [5, 5.41) is 3.62. The summed E-state index contributed by atoms with van der Waals surface area (Å²) in [6.07, 6.45) is 5.91. The van der Waals surface area contributed by atoms with Gasteiger partial charge in [0.15, 0.2) is 11.5 Å². The summed E-state index contributed by atoms with van der Waals surface area (Å²) in [5.41, 5.74) is 0. The summed E-state index contributed by atoms with van der Waals surface area (Å²) in [7, 11) is 0. The van der Waals surface area contributed by atoms with Gasteiger partial charge in [-0.25, -0.2) is 0 Å². The molecule has 1 unspecified atom stereocenters. The second kappa shape index (κ2) is 11.4. The van der Waals surface area contributed by atoms with Crippen molar-refractivity contribution in [2.45, 2.75) is 58.9 Å². The third kappa shape index (κ3) is 7.37. The molecule has 0 aliphatic carbocycles. The topological polar surface area (TPSA) is 30.5 Å². The molecule has 21 heavy (non-hydrogen) atoms. The second-order valence-corrected chi connectivity index (χ2v) is 5.31. The van der Waals surface area contributed by atoms with Crippen LogP contribution in [0.5, 0.6) is 11.5 Å². The van der Waals surface area contributed by atoms with Gasteiger partial charge in [0.05, 0.1) is 13.2 Å². The lowest BCUT2D eigenvalue weighted by atomic mass is 10.1. The fraction of sp³-hybridized carbons (Fsp3) is 0.667. The summed E-state index contributed by atoms with van der Waals surface area (Å²) < 4.78 is 11.4. The molecule has 0 heterocycles. The van der Waals surface area contributed by atoms with Crippen molar-refractivity contribution in [1.82, 2.24) is 5.32 Å². The smallest absolute Gasteiger partial charge is 0.161 e. The van der Waals surface area contributed by atoms with Crippen molar-refractivity contribution in [2.24, 2.45) is 0 Å². The lowest BCUT2D eigenvalue weighted by Gasteiger charge is -2.18. The molecule has 1 atom stereocenters. The minimum Gasteiger partial charge on any atom is -0.490 e. The van der Waals surface area contributed by atoms with Crippen LogP contribution in [0.4, 0.5) is 0 Å². The highest BCUT2D eigenvalue weighted by Gasteiger charge is 2.07. The zero-order chi connectivity index (χ0) is 15.3. The maximum atomic E-state index is 5.87. The van der Waals surface area contributed by atoms with E-state index < -0.39 is 0 Å². The van der Waals surface area contributed by atoms with Crippen LogP contribution >= 0.6 is 0 Å². The van der Waals surface area contributed by atoms with Crippen molar-refractivity contribution >= 4 is 0 Å². The Hall–Kier alpha value is -1.22. The van der Waals surface area contributed by atoms with E-state index in [0.717, 1.165) is 31.1 Å². The highest BCUT2D eigenvalue weighted by molar-refractivity contribution is 5.39. The van der Waals surface area contributed by atoms with Crippen LogP contribution in [0, 0.1) is 0 Å². The number of rotatable bonds is 12. The maximum absolute atomic E-state index is 5.87. The van der Waals surface area contributed by atoms with Gasteiger partial charge in [0.1, 0.15) is 0 Å². The number of ether oxygens (including phenoxy) is 2. The molecule has 0 radical (unpaired) electrons. The van der Waals surface area contributed by atoms with Crippen LogP contribution in [0.3, 0.4) is 0 Å². The lowest BCUT2D eigenvalue weighted by molar-refractivity contribution is 0.264. The predicted molar refractivity (Wildman–Crippen MR) is 89.3 cm³/mol. The standard InChI is InChI=1S/C18H31NO2/c1-4-10-16(19-14-5-2)11-9-15-21-18-13-8-7-12-17(18)20-6-3/h7-8,12-13,16,19H,4-6,9-11,14-15H2,1-3H3. The van der Waals surface area contributed by atoms with Crippen LogP contribution in [-0.2, 0) is 0 Å². The Bertz CT molecular complexity index is 368. The van der Waals surface area contributed by atoms with E-state index in [1.165, 1.54) is 25.7 Å². The number of nitrogens with one attached hydrogen (secondary N) is 1. The zero-order valence-corrected chi connectivity index (χ0v) is 13.9. The Morgan fingerprint density at radius 2 is 1.67 bits per heavy atom. The van der Waals surface area contributed by atoms with E-state index in [1.54, 1.807) is 0 Å². The molecule has 1 N–H and O–H groups in total. The zero-order valence-electron chi connectivity index (χ0n) is 13.9. The summed E-state index contributed by atoms with van der Waals surface area (Å²) in [5.74, 6) is 1.70. The summed E-state index contributed by atoms with van der Waals surface area (Å²) in [6.45, 7) is 8.97. The van der Waals surface area contributed by atoms with E-state index >= 15 is 0 Å². The Morgan fingerprint density at radius 3 is 2.29 bits per heavy atom. The van der Waals surface area contributed by atoms with Crippen molar-refractivity contribution in [1.29, 1.82) is 0 Å². The Kier molecular flexibility index (Phi) is 9.71.